The molecule has 0 amide bonds. The van der Waals surface area contributed by atoms with E-state index in [2.05, 4.69) is 39.2 Å². The van der Waals surface area contributed by atoms with Crippen molar-refractivity contribution in [2.24, 2.45) is 0 Å². The molecule has 1 saturated heterocycles. The summed E-state index contributed by atoms with van der Waals surface area (Å²) in [6, 6.07) is 7.18. The predicted molar refractivity (Wildman–Crippen MR) is 78.3 cm³/mol. The van der Waals surface area contributed by atoms with Crippen LogP contribution in [0.1, 0.15) is 25.5 Å². The van der Waals surface area contributed by atoms with E-state index in [0.29, 0.717) is 0 Å². The zero-order valence-electron chi connectivity index (χ0n) is 11.8. The highest BCUT2D eigenvalue weighted by Gasteiger charge is 2.31. The Balaban J connectivity index is 1.52. The Bertz CT molecular complexity index is 408. The molecular formula is C15H24N4. The first-order valence-electron chi connectivity index (χ1n) is 7.51. The summed E-state index contributed by atoms with van der Waals surface area (Å²) in [7, 11) is 0. The van der Waals surface area contributed by atoms with Crippen LogP contribution in [-0.2, 0) is 6.54 Å². The van der Waals surface area contributed by atoms with Gasteiger partial charge in [-0.15, -0.1) is 0 Å². The number of rotatable bonds is 5. The summed E-state index contributed by atoms with van der Waals surface area (Å²) in [5.74, 6) is 0.997. The molecule has 104 valence electrons. The van der Waals surface area contributed by atoms with E-state index in [-0.39, 0.29) is 0 Å². The molecule has 0 spiro atoms. The molecule has 2 aliphatic rings. The molecule has 0 bridgehead atoms. The fourth-order valence-corrected chi connectivity index (χ4v) is 2.80. The van der Waals surface area contributed by atoms with Gasteiger partial charge < -0.3 is 5.32 Å². The molecule has 1 aromatic heterocycles. The van der Waals surface area contributed by atoms with Crippen molar-refractivity contribution in [2.75, 3.05) is 38.0 Å². The Morgan fingerprint density at radius 3 is 2.68 bits per heavy atom. The third-order valence-corrected chi connectivity index (χ3v) is 4.02. The number of anilines is 1. The minimum atomic E-state index is 0.914. The van der Waals surface area contributed by atoms with Gasteiger partial charge in [0.05, 0.1) is 5.69 Å². The Morgan fingerprint density at radius 1 is 1.21 bits per heavy atom. The van der Waals surface area contributed by atoms with E-state index in [0.717, 1.165) is 24.9 Å². The summed E-state index contributed by atoms with van der Waals surface area (Å²) in [5, 5.41) is 3.28. The lowest BCUT2D eigenvalue weighted by Crippen LogP contribution is -2.46. The van der Waals surface area contributed by atoms with Crippen molar-refractivity contribution < 1.29 is 0 Å². The van der Waals surface area contributed by atoms with E-state index in [1.807, 2.05) is 6.07 Å². The monoisotopic (exact) mass is 260 g/mol. The van der Waals surface area contributed by atoms with Crippen LogP contribution in [0.2, 0.25) is 0 Å². The largest absolute Gasteiger partial charge is 0.370 e. The number of nitrogens with one attached hydrogen (secondary N) is 1. The molecule has 4 nitrogen and oxygen atoms in total. The molecular weight excluding hydrogens is 236 g/mol. The zero-order chi connectivity index (χ0) is 13.1. The molecule has 19 heavy (non-hydrogen) atoms. The lowest BCUT2D eigenvalue weighted by Gasteiger charge is -2.34. The Labute approximate surface area is 115 Å². The fourth-order valence-electron chi connectivity index (χ4n) is 2.80. The van der Waals surface area contributed by atoms with Gasteiger partial charge in [-0.05, 0) is 31.9 Å². The van der Waals surface area contributed by atoms with Gasteiger partial charge in [0.1, 0.15) is 5.82 Å². The second kappa shape index (κ2) is 5.88. The van der Waals surface area contributed by atoms with Crippen molar-refractivity contribution in [3.8, 4) is 0 Å². The van der Waals surface area contributed by atoms with Crippen LogP contribution in [0.5, 0.6) is 0 Å². The zero-order valence-corrected chi connectivity index (χ0v) is 11.8. The smallest absolute Gasteiger partial charge is 0.126 e. The van der Waals surface area contributed by atoms with Crippen molar-refractivity contribution >= 4 is 5.82 Å². The molecule has 2 fully saturated rings. The predicted octanol–water partition coefficient (Wildman–Crippen LogP) is 1.79. The van der Waals surface area contributed by atoms with Crippen molar-refractivity contribution in [1.29, 1.82) is 0 Å². The molecule has 0 radical (unpaired) electrons. The molecule has 1 saturated carbocycles. The van der Waals surface area contributed by atoms with E-state index < -0.39 is 0 Å². The van der Waals surface area contributed by atoms with Crippen LogP contribution >= 0.6 is 0 Å². The summed E-state index contributed by atoms with van der Waals surface area (Å²) in [4.78, 5) is 9.83. The van der Waals surface area contributed by atoms with Gasteiger partial charge in [-0.25, -0.2) is 4.98 Å². The van der Waals surface area contributed by atoms with Crippen LogP contribution in [0, 0.1) is 0 Å². The minimum absolute atomic E-state index is 0.914. The first-order valence-corrected chi connectivity index (χ1v) is 7.51. The average molecular weight is 260 g/mol. The van der Waals surface area contributed by atoms with Gasteiger partial charge >= 0.3 is 0 Å². The van der Waals surface area contributed by atoms with Crippen LogP contribution in [0.4, 0.5) is 5.82 Å². The second-order valence-electron chi connectivity index (χ2n) is 5.59. The third kappa shape index (κ3) is 3.45. The molecule has 2 heterocycles. The summed E-state index contributed by atoms with van der Waals surface area (Å²) in [6.45, 7) is 8.85. The topological polar surface area (TPSA) is 31.4 Å². The average Bonchev–Trinajstić information content (AvgIpc) is 3.25. The number of aromatic nitrogens is 1. The van der Waals surface area contributed by atoms with Crippen LogP contribution < -0.4 is 5.32 Å². The summed E-state index contributed by atoms with van der Waals surface area (Å²) in [6.07, 6.45) is 2.85. The quantitative estimate of drug-likeness (QED) is 0.874. The van der Waals surface area contributed by atoms with Gasteiger partial charge in [-0.3, -0.25) is 9.80 Å². The van der Waals surface area contributed by atoms with Gasteiger partial charge in [0, 0.05) is 45.3 Å². The molecule has 0 atom stereocenters. The van der Waals surface area contributed by atoms with Gasteiger partial charge in [0.2, 0.25) is 0 Å². The van der Waals surface area contributed by atoms with Gasteiger partial charge in [0.25, 0.3) is 0 Å². The van der Waals surface area contributed by atoms with Crippen LogP contribution in [-0.4, -0.2) is 53.5 Å². The van der Waals surface area contributed by atoms with E-state index in [9.17, 15) is 0 Å². The maximum atomic E-state index is 4.66. The maximum Gasteiger partial charge on any atom is 0.126 e. The van der Waals surface area contributed by atoms with Crippen molar-refractivity contribution in [3.05, 3.63) is 23.9 Å². The SMILES string of the molecule is CCNc1cccc(CN2CCN(C3CC3)CC2)n1. The molecule has 0 unspecified atom stereocenters. The Kier molecular flexibility index (Phi) is 3.99. The van der Waals surface area contributed by atoms with Crippen molar-refractivity contribution in [2.45, 2.75) is 32.4 Å². The summed E-state index contributed by atoms with van der Waals surface area (Å²) >= 11 is 0. The molecule has 1 N–H and O–H groups in total. The number of hydrogen-bond donors (Lipinski definition) is 1. The van der Waals surface area contributed by atoms with Crippen LogP contribution in [0.15, 0.2) is 18.2 Å². The molecule has 4 heteroatoms. The lowest BCUT2D eigenvalue weighted by molar-refractivity contribution is 0.120. The fraction of sp³-hybridized carbons (Fsp3) is 0.667. The van der Waals surface area contributed by atoms with Gasteiger partial charge in [-0.2, -0.15) is 0 Å². The third-order valence-electron chi connectivity index (χ3n) is 4.02. The van der Waals surface area contributed by atoms with Crippen molar-refractivity contribution in [1.82, 2.24) is 14.8 Å². The normalized spacial score (nSPS) is 21.5. The Hall–Kier alpha value is -1.13. The number of piperazine rings is 1. The molecule has 1 aliphatic heterocycles. The first-order chi connectivity index (χ1) is 9.35. The summed E-state index contributed by atoms with van der Waals surface area (Å²) in [5.41, 5.74) is 1.18. The Morgan fingerprint density at radius 2 is 2.00 bits per heavy atom. The number of nitrogens with zero attached hydrogens (tertiary/aromatic N) is 3. The van der Waals surface area contributed by atoms with Crippen LogP contribution in [0.3, 0.4) is 0 Å². The number of pyridine rings is 1. The second-order valence-corrected chi connectivity index (χ2v) is 5.59. The maximum absolute atomic E-state index is 4.66. The standard InChI is InChI=1S/C15H24N4/c1-2-16-15-5-3-4-13(17-15)12-18-8-10-19(11-9-18)14-6-7-14/h3-5,14H,2,6-12H2,1H3,(H,16,17). The molecule has 0 aromatic carbocycles. The molecule has 3 rings (SSSR count). The van der Waals surface area contributed by atoms with E-state index >= 15 is 0 Å². The van der Waals surface area contributed by atoms with E-state index in [4.69, 9.17) is 0 Å². The highest BCUT2D eigenvalue weighted by atomic mass is 15.3. The highest BCUT2D eigenvalue weighted by Crippen LogP contribution is 2.27. The molecule has 1 aromatic rings. The van der Waals surface area contributed by atoms with E-state index in [1.165, 1.54) is 44.7 Å². The summed E-state index contributed by atoms with van der Waals surface area (Å²) < 4.78 is 0. The van der Waals surface area contributed by atoms with Crippen LogP contribution in [0.25, 0.3) is 0 Å². The lowest BCUT2D eigenvalue weighted by atomic mass is 10.2. The van der Waals surface area contributed by atoms with E-state index in [1.54, 1.807) is 0 Å². The molecule has 1 aliphatic carbocycles. The minimum Gasteiger partial charge on any atom is -0.370 e. The highest BCUT2D eigenvalue weighted by molar-refractivity contribution is 5.34. The number of hydrogen-bond acceptors (Lipinski definition) is 4. The van der Waals surface area contributed by atoms with Gasteiger partial charge in [0.15, 0.2) is 0 Å². The van der Waals surface area contributed by atoms with Crippen molar-refractivity contribution in [3.63, 3.8) is 0 Å². The van der Waals surface area contributed by atoms with Gasteiger partial charge in [-0.1, -0.05) is 6.07 Å². The first kappa shape index (κ1) is 12.9.